The summed E-state index contributed by atoms with van der Waals surface area (Å²) in [4.78, 5) is 13.2. The van der Waals surface area contributed by atoms with Crippen LogP contribution in [0, 0.1) is 0 Å². The molecule has 1 aliphatic heterocycles. The fraction of sp³-hybridized carbons (Fsp3) is 0.296. The van der Waals surface area contributed by atoms with Crippen molar-refractivity contribution in [2.45, 2.75) is 18.1 Å². The van der Waals surface area contributed by atoms with Crippen molar-refractivity contribution >= 4 is 23.4 Å². The standard InChI is InChI=1S/C27H29NO4S/c1-27(21-10-4-2-5-11-21,22-12-6-3-7-13-22)33-19-9-16-28-17-18-31-26-23(28)14-8-15-24(26)32-20-25(29)30/h2-8,10-15H,9,16-20H2,1H3,(H,29,30). The number of benzene rings is 3. The Morgan fingerprint density at radius 1 is 1.03 bits per heavy atom. The van der Waals surface area contributed by atoms with Crippen molar-refractivity contribution in [3.8, 4) is 11.5 Å². The molecule has 5 nitrogen and oxygen atoms in total. The number of thioether (sulfide) groups is 1. The summed E-state index contributed by atoms with van der Waals surface area (Å²) in [6.07, 6.45) is 1.01. The molecule has 0 spiro atoms. The number of hydrogen-bond donors (Lipinski definition) is 1. The van der Waals surface area contributed by atoms with Crippen molar-refractivity contribution in [3.05, 3.63) is 90.0 Å². The van der Waals surface area contributed by atoms with Crippen LogP contribution in [0.3, 0.4) is 0 Å². The molecule has 1 aliphatic rings. The summed E-state index contributed by atoms with van der Waals surface area (Å²) in [5, 5.41) is 8.93. The Morgan fingerprint density at radius 3 is 2.33 bits per heavy atom. The van der Waals surface area contributed by atoms with Crippen molar-refractivity contribution in [2.24, 2.45) is 0 Å². The zero-order valence-corrected chi connectivity index (χ0v) is 19.6. The van der Waals surface area contributed by atoms with E-state index in [2.05, 4.69) is 72.5 Å². The zero-order valence-electron chi connectivity index (χ0n) is 18.8. The lowest BCUT2D eigenvalue weighted by Crippen LogP contribution is -2.34. The second kappa shape index (κ2) is 10.7. The van der Waals surface area contributed by atoms with E-state index < -0.39 is 5.97 Å². The maximum Gasteiger partial charge on any atom is 0.341 e. The molecule has 33 heavy (non-hydrogen) atoms. The number of aliphatic carboxylic acids is 1. The predicted octanol–water partition coefficient (Wildman–Crippen LogP) is 5.44. The Kier molecular flexibility index (Phi) is 7.45. The average molecular weight is 464 g/mol. The summed E-state index contributed by atoms with van der Waals surface area (Å²) in [7, 11) is 0. The van der Waals surface area contributed by atoms with Crippen LogP contribution in [0.25, 0.3) is 0 Å². The van der Waals surface area contributed by atoms with E-state index in [0.29, 0.717) is 18.1 Å². The number of ether oxygens (including phenoxy) is 2. The fourth-order valence-corrected chi connectivity index (χ4v) is 5.43. The third-order valence-corrected chi connectivity index (χ3v) is 7.41. The van der Waals surface area contributed by atoms with Crippen LogP contribution >= 0.6 is 11.8 Å². The number of carbonyl (C=O) groups is 1. The van der Waals surface area contributed by atoms with E-state index in [1.54, 1.807) is 6.07 Å². The van der Waals surface area contributed by atoms with Gasteiger partial charge in [0.05, 0.1) is 17.0 Å². The van der Waals surface area contributed by atoms with E-state index in [1.807, 2.05) is 23.9 Å². The second-order valence-electron chi connectivity index (χ2n) is 8.09. The molecule has 1 heterocycles. The van der Waals surface area contributed by atoms with Crippen LogP contribution in [0.1, 0.15) is 24.5 Å². The monoisotopic (exact) mass is 463 g/mol. The highest BCUT2D eigenvalue weighted by atomic mass is 32.2. The van der Waals surface area contributed by atoms with Crippen molar-refractivity contribution in [1.82, 2.24) is 0 Å². The van der Waals surface area contributed by atoms with Crippen molar-refractivity contribution in [3.63, 3.8) is 0 Å². The molecule has 0 saturated carbocycles. The van der Waals surface area contributed by atoms with Gasteiger partial charge in [0.15, 0.2) is 18.1 Å². The van der Waals surface area contributed by atoms with Gasteiger partial charge in [0.25, 0.3) is 0 Å². The quantitative estimate of drug-likeness (QED) is 0.404. The Labute approximate surface area is 199 Å². The number of fused-ring (bicyclic) bond motifs is 1. The van der Waals surface area contributed by atoms with Gasteiger partial charge >= 0.3 is 5.97 Å². The van der Waals surface area contributed by atoms with Crippen molar-refractivity contribution in [1.29, 1.82) is 0 Å². The third-order valence-electron chi connectivity index (χ3n) is 5.87. The van der Waals surface area contributed by atoms with Crippen LogP contribution in [0.15, 0.2) is 78.9 Å². The number of carboxylic acid groups (broad SMARTS) is 1. The number of para-hydroxylation sites is 1. The SMILES string of the molecule is CC(SCCCN1CCOc2c(OCC(=O)O)cccc21)(c1ccccc1)c1ccccc1. The van der Waals surface area contributed by atoms with Crippen LogP contribution in [0.4, 0.5) is 5.69 Å². The molecule has 0 aromatic heterocycles. The number of anilines is 1. The number of hydrogen-bond acceptors (Lipinski definition) is 5. The minimum Gasteiger partial charge on any atom is -0.486 e. The van der Waals surface area contributed by atoms with Crippen molar-refractivity contribution < 1.29 is 19.4 Å². The molecule has 0 aliphatic carbocycles. The molecule has 0 radical (unpaired) electrons. The smallest absolute Gasteiger partial charge is 0.341 e. The van der Waals surface area contributed by atoms with Crippen molar-refractivity contribution in [2.75, 3.05) is 37.0 Å². The van der Waals surface area contributed by atoms with Gasteiger partial charge in [-0.15, -0.1) is 11.8 Å². The van der Waals surface area contributed by atoms with E-state index >= 15 is 0 Å². The maximum atomic E-state index is 10.9. The average Bonchev–Trinajstić information content (AvgIpc) is 2.86. The summed E-state index contributed by atoms with van der Waals surface area (Å²) in [6, 6.07) is 27.0. The first-order valence-corrected chi connectivity index (χ1v) is 12.2. The fourth-order valence-electron chi connectivity index (χ4n) is 4.14. The molecule has 0 bridgehead atoms. The molecule has 0 atom stereocenters. The molecule has 0 amide bonds. The highest BCUT2D eigenvalue weighted by molar-refractivity contribution is 8.00. The molecular weight excluding hydrogens is 434 g/mol. The van der Waals surface area contributed by atoms with Crippen LogP contribution < -0.4 is 14.4 Å². The predicted molar refractivity (Wildman–Crippen MR) is 134 cm³/mol. The van der Waals surface area contributed by atoms with Crippen LogP contribution in [0.5, 0.6) is 11.5 Å². The molecule has 4 rings (SSSR count). The van der Waals surface area contributed by atoms with E-state index in [4.69, 9.17) is 14.6 Å². The molecule has 6 heteroatoms. The number of carboxylic acids is 1. The van der Waals surface area contributed by atoms with Gasteiger partial charge in [-0.1, -0.05) is 66.7 Å². The summed E-state index contributed by atoms with van der Waals surface area (Å²) < 4.78 is 11.1. The largest absolute Gasteiger partial charge is 0.486 e. The molecule has 3 aromatic rings. The van der Waals surface area contributed by atoms with Gasteiger partial charge in [0.1, 0.15) is 6.61 Å². The number of rotatable bonds is 10. The van der Waals surface area contributed by atoms with Gasteiger partial charge in [0, 0.05) is 6.54 Å². The van der Waals surface area contributed by atoms with Gasteiger partial charge in [0.2, 0.25) is 0 Å². The van der Waals surface area contributed by atoms with Gasteiger partial charge in [-0.3, -0.25) is 0 Å². The molecule has 0 fully saturated rings. The highest BCUT2D eigenvalue weighted by Crippen LogP contribution is 2.43. The number of nitrogens with zero attached hydrogens (tertiary/aromatic N) is 1. The third kappa shape index (κ3) is 5.45. The van der Waals surface area contributed by atoms with Gasteiger partial charge in [-0.05, 0) is 42.4 Å². The second-order valence-corrected chi connectivity index (χ2v) is 9.60. The van der Waals surface area contributed by atoms with Gasteiger partial charge < -0.3 is 19.5 Å². The first-order valence-electron chi connectivity index (χ1n) is 11.2. The topological polar surface area (TPSA) is 59.0 Å². The van der Waals surface area contributed by atoms with E-state index in [0.717, 1.165) is 31.0 Å². The lowest BCUT2D eigenvalue weighted by Gasteiger charge is -2.33. The molecule has 172 valence electrons. The molecule has 1 N–H and O–H groups in total. The molecular formula is C27H29NO4S. The Bertz CT molecular complexity index is 1020. The first kappa shape index (κ1) is 23.1. The highest BCUT2D eigenvalue weighted by Gasteiger charge is 2.29. The molecule has 0 saturated heterocycles. The summed E-state index contributed by atoms with van der Waals surface area (Å²) in [6.45, 7) is 4.17. The summed E-state index contributed by atoms with van der Waals surface area (Å²) in [5.74, 6) is 1.12. The Morgan fingerprint density at radius 2 is 1.70 bits per heavy atom. The van der Waals surface area contributed by atoms with E-state index in [1.165, 1.54) is 11.1 Å². The van der Waals surface area contributed by atoms with Gasteiger partial charge in [-0.2, -0.15) is 0 Å². The first-order chi connectivity index (χ1) is 16.1. The minimum atomic E-state index is -1.00. The van der Waals surface area contributed by atoms with E-state index in [9.17, 15) is 4.79 Å². The normalized spacial score (nSPS) is 13.2. The van der Waals surface area contributed by atoms with Gasteiger partial charge in [-0.25, -0.2) is 4.79 Å². The minimum absolute atomic E-state index is 0.122. The van der Waals surface area contributed by atoms with Crippen LogP contribution in [0.2, 0.25) is 0 Å². The Hall–Kier alpha value is -3.12. The zero-order chi connectivity index (χ0) is 23.1. The Balaban J connectivity index is 1.42. The van der Waals surface area contributed by atoms with Crippen LogP contribution in [-0.2, 0) is 9.54 Å². The lowest BCUT2D eigenvalue weighted by molar-refractivity contribution is -0.139. The summed E-state index contributed by atoms with van der Waals surface area (Å²) in [5.41, 5.74) is 3.57. The lowest BCUT2D eigenvalue weighted by atomic mass is 9.92. The molecule has 3 aromatic carbocycles. The summed E-state index contributed by atoms with van der Waals surface area (Å²) >= 11 is 1.97. The van der Waals surface area contributed by atoms with E-state index in [-0.39, 0.29) is 11.4 Å². The van der Waals surface area contributed by atoms with Crippen LogP contribution in [-0.4, -0.2) is 43.1 Å². The molecule has 0 unspecified atom stereocenters. The maximum absolute atomic E-state index is 10.9.